The fourth-order valence-corrected chi connectivity index (χ4v) is 1.24. The summed E-state index contributed by atoms with van der Waals surface area (Å²) in [5.41, 5.74) is 0. The zero-order chi connectivity index (χ0) is 8.81. The second-order valence-electron chi connectivity index (χ2n) is 2.97. The molecule has 0 amide bonds. The number of aliphatic carboxylic acids is 1. The van der Waals surface area contributed by atoms with Crippen LogP contribution in [-0.2, 0) is 14.6 Å². The highest BCUT2D eigenvalue weighted by atomic mass is 17.2. The van der Waals surface area contributed by atoms with E-state index in [4.69, 9.17) is 14.9 Å². The number of rotatable bonds is 4. The maximum absolute atomic E-state index is 10.2. The summed E-state index contributed by atoms with van der Waals surface area (Å²) < 4.78 is 0. The molecule has 1 rings (SSSR count). The van der Waals surface area contributed by atoms with E-state index in [-0.39, 0.29) is 12.5 Å². The molecule has 4 nitrogen and oxygen atoms in total. The van der Waals surface area contributed by atoms with Gasteiger partial charge in [0.15, 0.2) is 0 Å². The number of hydrogen-bond acceptors (Lipinski definition) is 3. The lowest BCUT2D eigenvalue weighted by Gasteiger charge is -2.20. The van der Waals surface area contributed by atoms with Gasteiger partial charge < -0.3 is 5.11 Å². The zero-order valence-corrected chi connectivity index (χ0v) is 6.99. The van der Waals surface area contributed by atoms with Gasteiger partial charge >= 0.3 is 5.97 Å². The average Bonchev–Trinajstić information content (AvgIpc) is 2.05. The molecule has 1 N–H and O–H groups in total. The van der Waals surface area contributed by atoms with E-state index < -0.39 is 5.97 Å². The number of carboxylic acids is 1. The Balaban J connectivity index is 2.01. The highest BCUT2D eigenvalue weighted by Gasteiger charge is 2.14. The molecule has 0 aromatic carbocycles. The van der Waals surface area contributed by atoms with Crippen LogP contribution < -0.4 is 0 Å². The Morgan fingerprint density at radius 3 is 3.00 bits per heavy atom. The van der Waals surface area contributed by atoms with Crippen molar-refractivity contribution < 1.29 is 19.7 Å². The minimum atomic E-state index is -0.744. The Morgan fingerprint density at radius 2 is 2.42 bits per heavy atom. The molecule has 0 saturated carbocycles. The maximum Gasteiger partial charge on any atom is 0.303 e. The molecule has 0 aliphatic carbocycles. The predicted octanol–water partition coefficient (Wildman–Crippen LogP) is 1.35. The molecule has 1 atom stereocenters. The first-order valence-corrected chi connectivity index (χ1v) is 4.29. The molecule has 70 valence electrons. The Morgan fingerprint density at radius 1 is 1.58 bits per heavy atom. The second-order valence-corrected chi connectivity index (χ2v) is 2.97. The third-order valence-electron chi connectivity index (χ3n) is 1.87. The molecule has 1 fully saturated rings. The van der Waals surface area contributed by atoms with E-state index in [2.05, 4.69) is 0 Å². The smallest absolute Gasteiger partial charge is 0.303 e. The van der Waals surface area contributed by atoms with Crippen LogP contribution in [0.25, 0.3) is 0 Å². The number of carbonyl (C=O) groups is 1. The minimum Gasteiger partial charge on any atom is -0.481 e. The Kier molecular flexibility index (Phi) is 4.04. The van der Waals surface area contributed by atoms with Gasteiger partial charge in [-0.3, -0.25) is 4.79 Å². The lowest BCUT2D eigenvalue weighted by atomic mass is 10.1. The molecule has 0 radical (unpaired) electrons. The monoisotopic (exact) mass is 174 g/mol. The van der Waals surface area contributed by atoms with Gasteiger partial charge in [-0.15, -0.1) is 0 Å². The summed E-state index contributed by atoms with van der Waals surface area (Å²) in [6.45, 7) is 0.662. The summed E-state index contributed by atoms with van der Waals surface area (Å²) in [5.74, 6) is -0.744. The van der Waals surface area contributed by atoms with Crippen molar-refractivity contribution in [2.75, 3.05) is 6.61 Å². The fraction of sp³-hybridized carbons (Fsp3) is 0.875. The van der Waals surface area contributed by atoms with Crippen molar-refractivity contribution in [2.24, 2.45) is 0 Å². The molecule has 0 aromatic heterocycles. The molecule has 1 saturated heterocycles. The van der Waals surface area contributed by atoms with Crippen LogP contribution in [0.1, 0.15) is 32.1 Å². The molecule has 1 aliphatic heterocycles. The molecule has 1 heterocycles. The van der Waals surface area contributed by atoms with Crippen molar-refractivity contribution in [2.45, 2.75) is 38.2 Å². The summed E-state index contributed by atoms with van der Waals surface area (Å²) in [6, 6.07) is 0. The maximum atomic E-state index is 10.2. The number of carboxylic acid groups (broad SMARTS) is 1. The first kappa shape index (κ1) is 9.48. The van der Waals surface area contributed by atoms with Gasteiger partial charge in [0, 0.05) is 6.42 Å². The highest BCUT2D eigenvalue weighted by Crippen LogP contribution is 2.15. The predicted molar refractivity (Wildman–Crippen MR) is 41.5 cm³/mol. The lowest BCUT2D eigenvalue weighted by Crippen LogP contribution is -2.20. The van der Waals surface area contributed by atoms with Crippen molar-refractivity contribution >= 4 is 5.97 Å². The summed E-state index contributed by atoms with van der Waals surface area (Å²) in [4.78, 5) is 19.9. The number of hydrogen-bond donors (Lipinski definition) is 1. The van der Waals surface area contributed by atoms with Crippen LogP contribution in [0.3, 0.4) is 0 Å². The van der Waals surface area contributed by atoms with E-state index in [0.29, 0.717) is 13.0 Å². The van der Waals surface area contributed by atoms with E-state index in [1.54, 1.807) is 0 Å². The third-order valence-corrected chi connectivity index (χ3v) is 1.87. The van der Waals surface area contributed by atoms with Crippen molar-refractivity contribution in [3.63, 3.8) is 0 Å². The van der Waals surface area contributed by atoms with E-state index >= 15 is 0 Å². The molecule has 0 spiro atoms. The van der Waals surface area contributed by atoms with Gasteiger partial charge in [0.1, 0.15) is 0 Å². The van der Waals surface area contributed by atoms with Gasteiger partial charge in [-0.2, -0.15) is 0 Å². The van der Waals surface area contributed by atoms with Gasteiger partial charge in [0.05, 0.1) is 12.7 Å². The summed E-state index contributed by atoms with van der Waals surface area (Å²) in [7, 11) is 0. The standard InChI is InChI=1S/C8H14O4/c9-8(10)5-1-3-7-4-2-6-11-12-7/h7H,1-6H2,(H,9,10). The van der Waals surface area contributed by atoms with Crippen LogP contribution in [0.2, 0.25) is 0 Å². The lowest BCUT2D eigenvalue weighted by molar-refractivity contribution is -0.345. The van der Waals surface area contributed by atoms with Gasteiger partial charge in [-0.1, -0.05) is 0 Å². The molecule has 1 unspecified atom stereocenters. The summed E-state index contributed by atoms with van der Waals surface area (Å²) >= 11 is 0. The average molecular weight is 174 g/mol. The van der Waals surface area contributed by atoms with Crippen LogP contribution in [0.5, 0.6) is 0 Å². The van der Waals surface area contributed by atoms with Gasteiger partial charge in [-0.05, 0) is 25.7 Å². The summed E-state index contributed by atoms with van der Waals surface area (Å²) in [5, 5.41) is 8.37. The minimum absolute atomic E-state index is 0.109. The largest absolute Gasteiger partial charge is 0.481 e. The molecule has 0 bridgehead atoms. The molecule has 1 aliphatic rings. The van der Waals surface area contributed by atoms with E-state index in [1.165, 1.54) is 0 Å². The van der Waals surface area contributed by atoms with Gasteiger partial charge in [0.2, 0.25) is 0 Å². The van der Waals surface area contributed by atoms with Gasteiger partial charge in [-0.25, -0.2) is 9.78 Å². The quantitative estimate of drug-likeness (QED) is 0.653. The second kappa shape index (κ2) is 5.11. The van der Waals surface area contributed by atoms with Crippen LogP contribution in [0, 0.1) is 0 Å². The van der Waals surface area contributed by atoms with Crippen molar-refractivity contribution in [3.8, 4) is 0 Å². The van der Waals surface area contributed by atoms with E-state index in [1.807, 2.05) is 0 Å². The molecular formula is C8H14O4. The molecule has 4 heteroatoms. The van der Waals surface area contributed by atoms with Crippen molar-refractivity contribution in [1.82, 2.24) is 0 Å². The van der Waals surface area contributed by atoms with Crippen LogP contribution in [0.4, 0.5) is 0 Å². The molecule has 12 heavy (non-hydrogen) atoms. The van der Waals surface area contributed by atoms with Gasteiger partial charge in [0.25, 0.3) is 0 Å². The third kappa shape index (κ3) is 3.69. The SMILES string of the molecule is O=C(O)CCCC1CCCOO1. The van der Waals surface area contributed by atoms with Crippen LogP contribution in [-0.4, -0.2) is 23.8 Å². The fourth-order valence-electron chi connectivity index (χ4n) is 1.24. The first-order chi connectivity index (χ1) is 5.79. The first-order valence-electron chi connectivity index (χ1n) is 4.29. The summed E-state index contributed by atoms with van der Waals surface area (Å²) in [6.07, 6.45) is 3.78. The van der Waals surface area contributed by atoms with Crippen molar-refractivity contribution in [1.29, 1.82) is 0 Å². The van der Waals surface area contributed by atoms with E-state index in [0.717, 1.165) is 19.3 Å². The van der Waals surface area contributed by atoms with Crippen LogP contribution in [0.15, 0.2) is 0 Å². The van der Waals surface area contributed by atoms with Crippen molar-refractivity contribution in [3.05, 3.63) is 0 Å². The van der Waals surface area contributed by atoms with Crippen LogP contribution >= 0.6 is 0 Å². The normalized spacial score (nSPS) is 23.8. The highest BCUT2D eigenvalue weighted by molar-refractivity contribution is 5.66. The van der Waals surface area contributed by atoms with E-state index in [9.17, 15) is 4.79 Å². The molecule has 0 aromatic rings. The Bertz CT molecular complexity index is 140. The Labute approximate surface area is 71.4 Å². The topological polar surface area (TPSA) is 55.8 Å². The Hall–Kier alpha value is -0.610. The molecular weight excluding hydrogens is 160 g/mol. The zero-order valence-electron chi connectivity index (χ0n) is 6.99.